The van der Waals surface area contributed by atoms with E-state index in [9.17, 15) is 13.2 Å². The molecule has 2 N–H and O–H groups in total. The molecule has 8 heteroatoms. The van der Waals surface area contributed by atoms with Crippen LogP contribution in [-0.2, 0) is 6.18 Å². The molecule has 1 aliphatic rings. The van der Waals surface area contributed by atoms with Crippen LogP contribution in [0.2, 0.25) is 0 Å². The fourth-order valence-corrected chi connectivity index (χ4v) is 2.40. The van der Waals surface area contributed by atoms with Gasteiger partial charge < -0.3 is 10.6 Å². The van der Waals surface area contributed by atoms with E-state index in [1.807, 2.05) is 0 Å². The number of hydrogen-bond donors (Lipinski definition) is 2. The molecule has 0 aromatic carbocycles. The van der Waals surface area contributed by atoms with E-state index in [0.717, 1.165) is 19.4 Å². The minimum absolute atomic E-state index is 0.232. The summed E-state index contributed by atoms with van der Waals surface area (Å²) in [7, 11) is 0. The second-order valence-electron chi connectivity index (χ2n) is 3.92. The summed E-state index contributed by atoms with van der Waals surface area (Å²) < 4.78 is 36.7. The zero-order chi connectivity index (χ0) is 12.3. The van der Waals surface area contributed by atoms with Gasteiger partial charge in [-0.1, -0.05) is 11.3 Å². The molecule has 1 aliphatic heterocycles. The average Bonchev–Trinajstić information content (AvgIpc) is 2.86. The minimum atomic E-state index is -4.40. The van der Waals surface area contributed by atoms with Crippen LogP contribution in [0.4, 0.5) is 18.3 Å². The second-order valence-corrected chi connectivity index (χ2v) is 4.90. The molecule has 0 saturated carbocycles. The number of hydrogen-bond acceptors (Lipinski definition) is 5. The third-order valence-corrected chi connectivity index (χ3v) is 3.52. The SMILES string of the molecule is FC(F)(F)c1nnc(NCCC2CCCN2)s1. The van der Waals surface area contributed by atoms with Gasteiger partial charge in [0.1, 0.15) is 0 Å². The Hall–Kier alpha value is -0.890. The molecule has 1 aromatic heterocycles. The topological polar surface area (TPSA) is 49.8 Å². The average molecular weight is 266 g/mol. The van der Waals surface area contributed by atoms with E-state index in [4.69, 9.17) is 0 Å². The zero-order valence-corrected chi connectivity index (χ0v) is 9.87. The highest BCUT2D eigenvalue weighted by Gasteiger charge is 2.35. The van der Waals surface area contributed by atoms with Crippen LogP contribution in [-0.4, -0.2) is 29.3 Å². The molecule has 1 unspecified atom stereocenters. The van der Waals surface area contributed by atoms with Crippen LogP contribution >= 0.6 is 11.3 Å². The predicted octanol–water partition coefficient (Wildman–Crippen LogP) is 2.11. The van der Waals surface area contributed by atoms with E-state index in [2.05, 4.69) is 20.8 Å². The van der Waals surface area contributed by atoms with Crippen molar-refractivity contribution in [2.45, 2.75) is 31.5 Å². The van der Waals surface area contributed by atoms with Crippen molar-refractivity contribution < 1.29 is 13.2 Å². The summed E-state index contributed by atoms with van der Waals surface area (Å²) in [6, 6.07) is 0.470. The maximum atomic E-state index is 12.2. The lowest BCUT2D eigenvalue weighted by atomic mass is 10.2. The van der Waals surface area contributed by atoms with Crippen LogP contribution in [0.1, 0.15) is 24.3 Å². The Morgan fingerprint density at radius 1 is 1.41 bits per heavy atom. The minimum Gasteiger partial charge on any atom is -0.360 e. The Morgan fingerprint density at radius 3 is 2.82 bits per heavy atom. The van der Waals surface area contributed by atoms with Gasteiger partial charge in [-0.25, -0.2) is 0 Å². The van der Waals surface area contributed by atoms with Gasteiger partial charge in [0.2, 0.25) is 10.1 Å². The molecule has 0 amide bonds. The summed E-state index contributed by atoms with van der Waals surface area (Å²) >= 11 is 0.544. The van der Waals surface area contributed by atoms with Crippen molar-refractivity contribution in [3.63, 3.8) is 0 Å². The van der Waals surface area contributed by atoms with E-state index in [0.29, 0.717) is 23.9 Å². The van der Waals surface area contributed by atoms with E-state index < -0.39 is 11.2 Å². The molecule has 96 valence electrons. The van der Waals surface area contributed by atoms with Crippen molar-refractivity contribution in [3.8, 4) is 0 Å². The first-order valence-electron chi connectivity index (χ1n) is 5.43. The fraction of sp³-hybridized carbons (Fsp3) is 0.778. The van der Waals surface area contributed by atoms with Crippen LogP contribution in [0.25, 0.3) is 0 Å². The van der Waals surface area contributed by atoms with Crippen molar-refractivity contribution in [1.29, 1.82) is 0 Å². The van der Waals surface area contributed by atoms with Gasteiger partial charge in [0.15, 0.2) is 0 Å². The van der Waals surface area contributed by atoms with Crippen LogP contribution in [0.3, 0.4) is 0 Å². The van der Waals surface area contributed by atoms with Crippen LogP contribution < -0.4 is 10.6 Å². The van der Waals surface area contributed by atoms with E-state index in [1.54, 1.807) is 0 Å². The number of aromatic nitrogens is 2. The number of rotatable bonds is 4. The third kappa shape index (κ3) is 3.53. The Balaban J connectivity index is 1.77. The number of nitrogens with zero attached hydrogens (tertiary/aromatic N) is 2. The number of halogens is 3. The molecule has 1 aromatic rings. The van der Waals surface area contributed by atoms with Crippen molar-refractivity contribution in [2.24, 2.45) is 0 Å². The fourth-order valence-electron chi connectivity index (χ4n) is 1.77. The largest absolute Gasteiger partial charge is 0.445 e. The lowest BCUT2D eigenvalue weighted by Crippen LogP contribution is -2.24. The number of nitrogens with one attached hydrogen (secondary N) is 2. The molecule has 2 heterocycles. The Morgan fingerprint density at radius 2 is 2.24 bits per heavy atom. The standard InChI is InChI=1S/C9H13F3N4S/c10-9(11,12)7-15-16-8(17-7)14-5-3-6-2-1-4-13-6/h6,13H,1-5H2,(H,14,16). The molecule has 17 heavy (non-hydrogen) atoms. The molecular weight excluding hydrogens is 253 g/mol. The molecule has 0 radical (unpaired) electrons. The van der Waals surface area contributed by atoms with Gasteiger partial charge in [-0.3, -0.25) is 0 Å². The van der Waals surface area contributed by atoms with Gasteiger partial charge in [-0.15, -0.1) is 10.2 Å². The number of anilines is 1. The van der Waals surface area contributed by atoms with Crippen molar-refractivity contribution >= 4 is 16.5 Å². The molecule has 2 rings (SSSR count). The highest BCUT2D eigenvalue weighted by atomic mass is 32.1. The van der Waals surface area contributed by atoms with Crippen LogP contribution in [0.5, 0.6) is 0 Å². The molecule has 0 aliphatic carbocycles. The second kappa shape index (κ2) is 5.18. The van der Waals surface area contributed by atoms with Gasteiger partial charge in [0.05, 0.1) is 0 Å². The monoisotopic (exact) mass is 266 g/mol. The van der Waals surface area contributed by atoms with Gasteiger partial charge in [-0.05, 0) is 25.8 Å². The highest BCUT2D eigenvalue weighted by Crippen LogP contribution is 2.32. The van der Waals surface area contributed by atoms with E-state index >= 15 is 0 Å². The summed E-state index contributed by atoms with van der Waals surface area (Å²) in [6.45, 7) is 1.64. The zero-order valence-electron chi connectivity index (χ0n) is 9.05. The Labute approximate surface area is 101 Å². The summed E-state index contributed by atoms with van der Waals surface area (Å²) in [5.41, 5.74) is 0. The van der Waals surface area contributed by atoms with Gasteiger partial charge in [0.25, 0.3) is 0 Å². The summed E-state index contributed by atoms with van der Waals surface area (Å²) in [4.78, 5) is 0. The Kier molecular flexibility index (Phi) is 3.82. The van der Waals surface area contributed by atoms with Crippen molar-refractivity contribution in [3.05, 3.63) is 5.01 Å². The van der Waals surface area contributed by atoms with Crippen LogP contribution in [0.15, 0.2) is 0 Å². The summed E-state index contributed by atoms with van der Waals surface area (Å²) in [5, 5.41) is 12.1. The van der Waals surface area contributed by atoms with Crippen molar-refractivity contribution in [1.82, 2.24) is 15.5 Å². The van der Waals surface area contributed by atoms with Crippen LogP contribution in [0, 0.1) is 0 Å². The first kappa shape index (κ1) is 12.6. The Bertz CT molecular complexity index is 359. The molecule has 4 nitrogen and oxygen atoms in total. The van der Waals surface area contributed by atoms with E-state index in [1.165, 1.54) is 6.42 Å². The molecule has 1 fully saturated rings. The summed E-state index contributed by atoms with van der Waals surface area (Å²) in [6.07, 6.45) is -1.21. The van der Waals surface area contributed by atoms with Gasteiger partial charge in [-0.2, -0.15) is 13.2 Å². The molecule has 0 spiro atoms. The first-order chi connectivity index (χ1) is 8.05. The molecule has 1 atom stereocenters. The maximum absolute atomic E-state index is 12.2. The van der Waals surface area contributed by atoms with Crippen molar-refractivity contribution in [2.75, 3.05) is 18.4 Å². The third-order valence-electron chi connectivity index (χ3n) is 2.60. The quantitative estimate of drug-likeness (QED) is 0.876. The lowest BCUT2D eigenvalue weighted by Gasteiger charge is -2.09. The number of alkyl halides is 3. The first-order valence-corrected chi connectivity index (χ1v) is 6.25. The smallest absolute Gasteiger partial charge is 0.360 e. The maximum Gasteiger partial charge on any atom is 0.445 e. The lowest BCUT2D eigenvalue weighted by molar-refractivity contribution is -0.138. The highest BCUT2D eigenvalue weighted by molar-refractivity contribution is 7.15. The van der Waals surface area contributed by atoms with Gasteiger partial charge in [0, 0.05) is 12.6 Å². The molecule has 1 saturated heterocycles. The summed E-state index contributed by atoms with van der Waals surface area (Å²) in [5.74, 6) is 0. The predicted molar refractivity (Wildman–Crippen MR) is 59.0 cm³/mol. The van der Waals surface area contributed by atoms with E-state index in [-0.39, 0.29) is 5.13 Å². The molecular formula is C9H13F3N4S. The van der Waals surface area contributed by atoms with Gasteiger partial charge >= 0.3 is 6.18 Å². The molecule has 0 bridgehead atoms. The normalized spacial score (nSPS) is 20.8.